The van der Waals surface area contributed by atoms with E-state index in [0.29, 0.717) is 17.8 Å². The maximum absolute atomic E-state index is 11.7. The Balaban J connectivity index is 2.60. The van der Waals surface area contributed by atoms with Gasteiger partial charge in [-0.3, -0.25) is 4.79 Å². The van der Waals surface area contributed by atoms with Crippen molar-refractivity contribution in [3.8, 4) is 0 Å². The van der Waals surface area contributed by atoms with Crippen LogP contribution in [0.3, 0.4) is 0 Å². The van der Waals surface area contributed by atoms with Crippen LogP contribution in [0.4, 0.5) is 10.5 Å². The van der Waals surface area contributed by atoms with E-state index in [0.717, 1.165) is 12.0 Å². The molecule has 0 saturated carbocycles. The maximum Gasteiger partial charge on any atom is 0.316 e. The molecule has 0 radical (unpaired) electrons. The molecule has 0 aliphatic rings. The Morgan fingerprint density at radius 3 is 2.74 bits per heavy atom. The molecule has 1 rings (SSSR count). The largest absolute Gasteiger partial charge is 0.351 e. The van der Waals surface area contributed by atoms with Crippen molar-refractivity contribution in [3.63, 3.8) is 0 Å². The highest BCUT2D eigenvalue weighted by atomic mass is 16.2. The van der Waals surface area contributed by atoms with E-state index in [1.807, 2.05) is 19.1 Å². The predicted octanol–water partition coefficient (Wildman–Crippen LogP) is 2.15. The van der Waals surface area contributed by atoms with Crippen LogP contribution in [0, 0.1) is 0 Å². The minimum Gasteiger partial charge on any atom is -0.351 e. The zero-order valence-corrected chi connectivity index (χ0v) is 11.2. The molecule has 0 atom stereocenters. The molecule has 1 aromatic carbocycles. The summed E-state index contributed by atoms with van der Waals surface area (Å²) in [6, 6.07) is 6.55. The van der Waals surface area contributed by atoms with Gasteiger partial charge in [0.2, 0.25) is 5.91 Å². The first-order chi connectivity index (χ1) is 9.02. The number of rotatable bonds is 5. The van der Waals surface area contributed by atoms with Gasteiger partial charge in [0.15, 0.2) is 0 Å². The van der Waals surface area contributed by atoms with E-state index >= 15 is 0 Å². The zero-order chi connectivity index (χ0) is 14.3. The molecule has 0 aromatic heterocycles. The number of amides is 3. The average Bonchev–Trinajstić information content (AvgIpc) is 2.36. The molecule has 0 aliphatic heterocycles. The van der Waals surface area contributed by atoms with E-state index < -0.39 is 6.03 Å². The predicted molar refractivity (Wildman–Crippen MR) is 75.5 cm³/mol. The Hall–Kier alpha value is -2.30. The van der Waals surface area contributed by atoms with Crippen LogP contribution < -0.4 is 16.4 Å². The van der Waals surface area contributed by atoms with E-state index in [1.54, 1.807) is 25.1 Å². The molecule has 102 valence electrons. The summed E-state index contributed by atoms with van der Waals surface area (Å²) in [5.74, 6) is -0.0879. The van der Waals surface area contributed by atoms with Gasteiger partial charge >= 0.3 is 6.03 Å². The number of carbonyl (C=O) groups is 2. The van der Waals surface area contributed by atoms with Crippen molar-refractivity contribution >= 4 is 17.6 Å². The van der Waals surface area contributed by atoms with Gasteiger partial charge in [-0.05, 0) is 31.0 Å². The number of primary amides is 1. The second kappa shape index (κ2) is 7.20. The quantitative estimate of drug-likeness (QED) is 0.709. The first kappa shape index (κ1) is 14.8. The van der Waals surface area contributed by atoms with Gasteiger partial charge in [-0.15, -0.1) is 0 Å². The van der Waals surface area contributed by atoms with Gasteiger partial charge in [0.1, 0.15) is 0 Å². The molecule has 5 heteroatoms. The highest BCUT2D eigenvalue weighted by Crippen LogP contribution is 2.10. The van der Waals surface area contributed by atoms with Crippen LogP contribution in [0.2, 0.25) is 0 Å². The van der Waals surface area contributed by atoms with Gasteiger partial charge in [0.05, 0.1) is 0 Å². The molecular weight excluding hydrogens is 242 g/mol. The third kappa shape index (κ3) is 5.25. The van der Waals surface area contributed by atoms with E-state index in [4.69, 9.17) is 5.73 Å². The van der Waals surface area contributed by atoms with Crippen molar-refractivity contribution in [2.45, 2.75) is 26.8 Å². The number of nitrogens with two attached hydrogens (primary N) is 1. The third-order valence-electron chi connectivity index (χ3n) is 2.52. The zero-order valence-electron chi connectivity index (χ0n) is 11.2. The monoisotopic (exact) mass is 261 g/mol. The first-order valence-electron chi connectivity index (χ1n) is 6.13. The lowest BCUT2D eigenvalue weighted by atomic mass is 10.2. The topological polar surface area (TPSA) is 84.2 Å². The summed E-state index contributed by atoms with van der Waals surface area (Å²) in [6.45, 7) is 4.17. The highest BCUT2D eigenvalue weighted by Gasteiger charge is 2.03. The summed E-state index contributed by atoms with van der Waals surface area (Å²) in [7, 11) is 0. The molecular formula is C14H19N3O2. The normalized spacial score (nSPS) is 10.9. The number of allylic oxidation sites excluding steroid dienone is 1. The number of nitrogens with one attached hydrogen (secondary N) is 2. The molecule has 0 saturated heterocycles. The molecule has 0 unspecified atom stereocenters. The standard InChI is InChI=1S/C14H19N3O2/c1-3-5-10(2)13(18)16-9-11-6-4-7-12(8-11)17-14(15)19/h4-8H,3,9H2,1-2H3,(H,16,18)(H3,15,17,19)/b10-5-. The van der Waals surface area contributed by atoms with Gasteiger partial charge in [-0.2, -0.15) is 0 Å². The Morgan fingerprint density at radius 2 is 2.11 bits per heavy atom. The first-order valence-corrected chi connectivity index (χ1v) is 6.13. The summed E-state index contributed by atoms with van der Waals surface area (Å²) < 4.78 is 0. The van der Waals surface area contributed by atoms with Crippen LogP contribution in [0.25, 0.3) is 0 Å². The molecule has 19 heavy (non-hydrogen) atoms. The third-order valence-corrected chi connectivity index (χ3v) is 2.52. The second-order valence-electron chi connectivity index (χ2n) is 4.17. The minimum atomic E-state index is -0.608. The smallest absolute Gasteiger partial charge is 0.316 e. The summed E-state index contributed by atoms with van der Waals surface area (Å²) >= 11 is 0. The van der Waals surface area contributed by atoms with Crippen molar-refractivity contribution in [1.82, 2.24) is 5.32 Å². The number of carbonyl (C=O) groups excluding carboxylic acids is 2. The fourth-order valence-electron chi connectivity index (χ4n) is 1.62. The van der Waals surface area contributed by atoms with Crippen LogP contribution in [-0.2, 0) is 11.3 Å². The fraction of sp³-hybridized carbons (Fsp3) is 0.286. The molecule has 0 fully saturated rings. The SMILES string of the molecule is CC/C=C(/C)C(=O)NCc1cccc(NC(N)=O)c1. The van der Waals surface area contributed by atoms with Crippen molar-refractivity contribution < 1.29 is 9.59 Å². The Kier molecular flexibility index (Phi) is 5.60. The van der Waals surface area contributed by atoms with Gasteiger partial charge in [-0.1, -0.05) is 25.1 Å². The van der Waals surface area contributed by atoms with Crippen LogP contribution in [0.5, 0.6) is 0 Å². The molecule has 0 aliphatic carbocycles. The summed E-state index contributed by atoms with van der Waals surface area (Å²) in [5.41, 5.74) is 7.25. The van der Waals surface area contributed by atoms with Crippen LogP contribution in [-0.4, -0.2) is 11.9 Å². The number of benzene rings is 1. The number of anilines is 1. The lowest BCUT2D eigenvalue weighted by molar-refractivity contribution is -0.117. The van der Waals surface area contributed by atoms with Crippen LogP contribution >= 0.6 is 0 Å². The highest BCUT2D eigenvalue weighted by molar-refractivity contribution is 5.92. The molecule has 1 aromatic rings. The molecule has 5 nitrogen and oxygen atoms in total. The van der Waals surface area contributed by atoms with E-state index in [-0.39, 0.29) is 5.91 Å². The van der Waals surface area contributed by atoms with Crippen LogP contribution in [0.15, 0.2) is 35.9 Å². The molecule has 0 spiro atoms. The molecule has 4 N–H and O–H groups in total. The molecule has 0 heterocycles. The van der Waals surface area contributed by atoms with E-state index in [9.17, 15) is 9.59 Å². The number of urea groups is 1. The van der Waals surface area contributed by atoms with E-state index in [2.05, 4.69) is 10.6 Å². The summed E-state index contributed by atoms with van der Waals surface area (Å²) in [5, 5.41) is 5.30. The lowest BCUT2D eigenvalue weighted by Crippen LogP contribution is -2.23. The summed E-state index contributed by atoms with van der Waals surface area (Å²) in [6.07, 6.45) is 2.71. The Morgan fingerprint density at radius 1 is 1.37 bits per heavy atom. The second-order valence-corrected chi connectivity index (χ2v) is 4.17. The number of hydrogen-bond donors (Lipinski definition) is 3. The van der Waals surface area contributed by atoms with Crippen molar-refractivity contribution in [2.75, 3.05) is 5.32 Å². The Bertz CT molecular complexity index is 495. The van der Waals surface area contributed by atoms with Crippen LogP contribution in [0.1, 0.15) is 25.8 Å². The van der Waals surface area contributed by atoms with Crippen molar-refractivity contribution in [2.24, 2.45) is 5.73 Å². The van der Waals surface area contributed by atoms with Gasteiger partial charge in [-0.25, -0.2) is 4.79 Å². The summed E-state index contributed by atoms with van der Waals surface area (Å²) in [4.78, 5) is 22.4. The fourth-order valence-corrected chi connectivity index (χ4v) is 1.62. The lowest BCUT2D eigenvalue weighted by Gasteiger charge is -2.07. The van der Waals surface area contributed by atoms with Gasteiger partial charge < -0.3 is 16.4 Å². The van der Waals surface area contributed by atoms with Crippen molar-refractivity contribution in [3.05, 3.63) is 41.5 Å². The maximum atomic E-state index is 11.7. The minimum absolute atomic E-state index is 0.0879. The number of hydrogen-bond acceptors (Lipinski definition) is 2. The van der Waals surface area contributed by atoms with Gasteiger partial charge in [0, 0.05) is 17.8 Å². The Labute approximate surface area is 112 Å². The molecule has 0 bridgehead atoms. The van der Waals surface area contributed by atoms with Gasteiger partial charge in [0.25, 0.3) is 0 Å². The van der Waals surface area contributed by atoms with E-state index in [1.165, 1.54) is 0 Å². The van der Waals surface area contributed by atoms with Crippen molar-refractivity contribution in [1.29, 1.82) is 0 Å². The molecule has 3 amide bonds. The average molecular weight is 261 g/mol.